The maximum atomic E-state index is 9.97. The van der Waals surface area contributed by atoms with Crippen LogP contribution in [0, 0.1) is 6.92 Å². The van der Waals surface area contributed by atoms with Crippen LogP contribution in [0.1, 0.15) is 54.2 Å². The van der Waals surface area contributed by atoms with Crippen LogP contribution < -0.4 is 4.90 Å². The van der Waals surface area contributed by atoms with Gasteiger partial charge in [0.25, 0.3) is 0 Å². The molecule has 0 saturated carbocycles. The van der Waals surface area contributed by atoms with Crippen molar-refractivity contribution in [1.29, 1.82) is 0 Å². The Labute approximate surface area is 165 Å². The topological polar surface area (TPSA) is 70.3 Å². The smallest absolute Gasteiger partial charge is 0.225 e. The molecule has 7 nitrogen and oxygen atoms in total. The summed E-state index contributed by atoms with van der Waals surface area (Å²) < 4.78 is 1.80. The van der Waals surface area contributed by atoms with Gasteiger partial charge in [0.1, 0.15) is 0 Å². The second-order valence-electron chi connectivity index (χ2n) is 8.34. The molecule has 0 amide bonds. The largest absolute Gasteiger partial charge is 0.391 e. The third-order valence-corrected chi connectivity index (χ3v) is 6.56. The van der Waals surface area contributed by atoms with Gasteiger partial charge in [-0.15, -0.1) is 0 Å². The molecule has 0 aliphatic carbocycles. The summed E-state index contributed by atoms with van der Waals surface area (Å²) in [5.74, 6) is 0.786. The van der Waals surface area contributed by atoms with Crippen LogP contribution >= 0.6 is 0 Å². The van der Waals surface area contributed by atoms with Crippen molar-refractivity contribution in [1.82, 2.24) is 24.6 Å². The second kappa shape index (κ2) is 6.97. The summed E-state index contributed by atoms with van der Waals surface area (Å²) in [5, 5.41) is 14.5. The van der Waals surface area contributed by atoms with Crippen LogP contribution in [0.4, 0.5) is 5.95 Å². The minimum Gasteiger partial charge on any atom is -0.391 e. The van der Waals surface area contributed by atoms with Gasteiger partial charge in [-0.25, -0.2) is 14.6 Å². The SMILES string of the molecule is C=Cn1cc(CN2[C@H]3CC[C@H]2c2cnc(N4CCC[C@@H](O)C4)nc2C3)c(C)n1. The molecule has 3 aliphatic heterocycles. The lowest BCUT2D eigenvalue weighted by Gasteiger charge is -2.36. The molecule has 1 N–H and O–H groups in total. The monoisotopic (exact) mass is 380 g/mol. The molecule has 3 aliphatic rings. The third kappa shape index (κ3) is 3.02. The molecule has 5 rings (SSSR count). The highest BCUT2D eigenvalue weighted by molar-refractivity contribution is 5.38. The van der Waals surface area contributed by atoms with Gasteiger partial charge in [0.2, 0.25) is 5.95 Å². The Hall–Kier alpha value is -2.25. The Kier molecular flexibility index (Phi) is 4.44. The zero-order valence-electron chi connectivity index (χ0n) is 16.5. The number of hydrogen-bond donors (Lipinski definition) is 1. The summed E-state index contributed by atoms with van der Waals surface area (Å²) in [4.78, 5) is 14.4. The number of hydrogen-bond acceptors (Lipinski definition) is 6. The lowest BCUT2D eigenvalue weighted by molar-refractivity contribution is 0.153. The normalized spacial score (nSPS) is 27.1. The van der Waals surface area contributed by atoms with E-state index in [2.05, 4.69) is 34.6 Å². The molecule has 2 aromatic rings. The molecule has 2 saturated heterocycles. The van der Waals surface area contributed by atoms with Crippen molar-refractivity contribution in [2.45, 2.75) is 63.8 Å². The first kappa shape index (κ1) is 17.8. The van der Waals surface area contributed by atoms with Gasteiger partial charge in [0.15, 0.2) is 0 Å². The van der Waals surface area contributed by atoms with E-state index in [1.54, 1.807) is 10.9 Å². The first-order valence-corrected chi connectivity index (χ1v) is 10.3. The predicted molar refractivity (Wildman–Crippen MR) is 108 cm³/mol. The molecule has 7 heteroatoms. The quantitative estimate of drug-likeness (QED) is 0.878. The van der Waals surface area contributed by atoms with Crippen LogP contribution in [0.2, 0.25) is 0 Å². The van der Waals surface area contributed by atoms with Gasteiger partial charge in [-0.3, -0.25) is 4.90 Å². The fourth-order valence-corrected chi connectivity index (χ4v) is 5.06. The number of rotatable bonds is 4. The van der Waals surface area contributed by atoms with Crippen molar-refractivity contribution < 1.29 is 5.11 Å². The highest BCUT2D eigenvalue weighted by Crippen LogP contribution is 2.44. The molecular formula is C21H28N6O. The zero-order chi connectivity index (χ0) is 19.3. The average molecular weight is 380 g/mol. The Bertz CT molecular complexity index is 893. The number of piperidine rings is 1. The Balaban J connectivity index is 1.39. The van der Waals surface area contributed by atoms with E-state index in [1.807, 2.05) is 6.20 Å². The van der Waals surface area contributed by atoms with Crippen molar-refractivity contribution in [2.75, 3.05) is 18.0 Å². The summed E-state index contributed by atoms with van der Waals surface area (Å²) in [6.07, 6.45) is 10.8. The lowest BCUT2D eigenvalue weighted by Crippen LogP contribution is -2.41. The zero-order valence-corrected chi connectivity index (χ0v) is 16.5. The molecule has 148 valence electrons. The number of fused-ring (bicyclic) bond motifs is 4. The van der Waals surface area contributed by atoms with E-state index in [4.69, 9.17) is 9.97 Å². The lowest BCUT2D eigenvalue weighted by atomic mass is 9.98. The van der Waals surface area contributed by atoms with E-state index in [0.29, 0.717) is 18.6 Å². The average Bonchev–Trinajstić information content (AvgIpc) is 3.19. The maximum absolute atomic E-state index is 9.97. The third-order valence-electron chi connectivity index (χ3n) is 6.56. The molecule has 0 spiro atoms. The number of aliphatic hydroxyl groups excluding tert-OH is 1. The number of aryl methyl sites for hydroxylation is 1. The molecule has 0 unspecified atom stereocenters. The summed E-state index contributed by atoms with van der Waals surface area (Å²) in [6, 6.07) is 0.917. The molecule has 0 radical (unpaired) electrons. The van der Waals surface area contributed by atoms with Gasteiger partial charge >= 0.3 is 0 Å². The Morgan fingerprint density at radius 3 is 3.00 bits per heavy atom. The van der Waals surface area contributed by atoms with E-state index >= 15 is 0 Å². The van der Waals surface area contributed by atoms with E-state index in [1.165, 1.54) is 23.2 Å². The van der Waals surface area contributed by atoms with Crippen molar-refractivity contribution in [2.24, 2.45) is 0 Å². The summed E-state index contributed by atoms with van der Waals surface area (Å²) in [7, 11) is 0. The second-order valence-corrected chi connectivity index (χ2v) is 8.34. The number of nitrogens with zero attached hydrogens (tertiary/aromatic N) is 6. The molecule has 2 bridgehead atoms. The Morgan fingerprint density at radius 2 is 2.21 bits per heavy atom. The van der Waals surface area contributed by atoms with Crippen LogP contribution in [0.5, 0.6) is 0 Å². The molecule has 28 heavy (non-hydrogen) atoms. The van der Waals surface area contributed by atoms with Gasteiger partial charge < -0.3 is 10.0 Å². The molecule has 5 heterocycles. The minimum atomic E-state index is -0.264. The molecular weight excluding hydrogens is 352 g/mol. The molecule has 2 aromatic heterocycles. The Morgan fingerprint density at radius 1 is 1.32 bits per heavy atom. The van der Waals surface area contributed by atoms with Crippen LogP contribution in [-0.4, -0.2) is 55.0 Å². The number of aromatic nitrogens is 4. The number of aliphatic hydroxyl groups is 1. The van der Waals surface area contributed by atoms with E-state index in [-0.39, 0.29) is 6.10 Å². The van der Waals surface area contributed by atoms with Crippen molar-refractivity contribution in [3.05, 3.63) is 41.5 Å². The number of anilines is 1. The van der Waals surface area contributed by atoms with Gasteiger partial charge in [0.05, 0.1) is 17.5 Å². The molecule has 0 aromatic carbocycles. The highest BCUT2D eigenvalue weighted by Gasteiger charge is 2.41. The number of β-amino-alcohol motifs (C(OH)–C–C–N with tert-alkyl or cyclic N) is 1. The first-order chi connectivity index (χ1) is 13.6. The van der Waals surface area contributed by atoms with E-state index in [0.717, 1.165) is 50.4 Å². The van der Waals surface area contributed by atoms with Gasteiger partial charge in [0, 0.05) is 67.9 Å². The fourth-order valence-electron chi connectivity index (χ4n) is 5.06. The van der Waals surface area contributed by atoms with Crippen LogP contribution in [0.15, 0.2) is 19.0 Å². The van der Waals surface area contributed by atoms with Crippen molar-refractivity contribution >= 4 is 12.1 Å². The van der Waals surface area contributed by atoms with Gasteiger partial charge in [-0.2, -0.15) is 5.10 Å². The first-order valence-electron chi connectivity index (χ1n) is 10.3. The summed E-state index contributed by atoms with van der Waals surface area (Å²) in [6.45, 7) is 8.36. The minimum absolute atomic E-state index is 0.264. The van der Waals surface area contributed by atoms with E-state index < -0.39 is 0 Å². The van der Waals surface area contributed by atoms with Crippen LogP contribution in [0.25, 0.3) is 6.20 Å². The predicted octanol–water partition coefficient (Wildman–Crippen LogP) is 2.30. The maximum Gasteiger partial charge on any atom is 0.225 e. The fraction of sp³-hybridized carbons (Fsp3) is 0.571. The molecule has 3 atom stereocenters. The summed E-state index contributed by atoms with van der Waals surface area (Å²) >= 11 is 0. The standard InChI is InChI=1S/C21H28N6O/c1-3-26-11-15(14(2)24-26)12-27-16-6-7-20(27)18-10-22-21(23-19(18)9-16)25-8-4-5-17(28)13-25/h3,10-11,16-17,20,28H,1,4-9,12-13H2,2H3/t16-,17+,20-/m0/s1. The van der Waals surface area contributed by atoms with Gasteiger partial charge in [-0.1, -0.05) is 6.58 Å². The van der Waals surface area contributed by atoms with Crippen LogP contribution in [-0.2, 0) is 13.0 Å². The highest BCUT2D eigenvalue weighted by atomic mass is 16.3. The van der Waals surface area contributed by atoms with Crippen molar-refractivity contribution in [3.8, 4) is 0 Å². The van der Waals surface area contributed by atoms with E-state index in [9.17, 15) is 5.11 Å². The van der Waals surface area contributed by atoms with Crippen molar-refractivity contribution in [3.63, 3.8) is 0 Å². The molecule has 2 fully saturated rings. The summed E-state index contributed by atoms with van der Waals surface area (Å²) in [5.41, 5.74) is 4.82. The van der Waals surface area contributed by atoms with Crippen LogP contribution in [0.3, 0.4) is 0 Å². The van der Waals surface area contributed by atoms with Gasteiger partial charge in [-0.05, 0) is 32.6 Å².